The van der Waals surface area contributed by atoms with Gasteiger partial charge in [0.15, 0.2) is 5.78 Å². The average Bonchev–Trinajstić information content (AvgIpc) is 2.96. The molecular formula is C30H25ClN2O6. The molecule has 8 nitrogen and oxygen atoms in total. The Morgan fingerprint density at radius 3 is 2.38 bits per heavy atom. The molecule has 9 heteroatoms. The van der Waals surface area contributed by atoms with E-state index < -0.39 is 36.1 Å². The molecule has 0 saturated heterocycles. The van der Waals surface area contributed by atoms with E-state index in [9.17, 15) is 19.2 Å². The summed E-state index contributed by atoms with van der Waals surface area (Å²) in [6.45, 7) is -2.94. The number of aromatic nitrogens is 1. The van der Waals surface area contributed by atoms with Crippen molar-refractivity contribution in [2.24, 2.45) is 0 Å². The number of hydrogen-bond acceptors (Lipinski definition) is 5. The van der Waals surface area contributed by atoms with Gasteiger partial charge in [0.2, 0.25) is 5.91 Å². The van der Waals surface area contributed by atoms with Crippen LogP contribution in [0.3, 0.4) is 0 Å². The van der Waals surface area contributed by atoms with Crippen LogP contribution in [0.4, 0.5) is 5.69 Å². The largest absolute Gasteiger partial charge is 0.495 e. The molecule has 4 aromatic rings. The molecule has 0 aliphatic carbocycles. The molecule has 0 aliphatic rings. The smallest absolute Gasteiger partial charge is 0.335 e. The summed E-state index contributed by atoms with van der Waals surface area (Å²) in [5, 5.41) is 12.1. The first-order chi connectivity index (χ1) is 19.9. The molecule has 198 valence electrons. The van der Waals surface area contributed by atoms with Gasteiger partial charge in [-0.3, -0.25) is 19.0 Å². The highest BCUT2D eigenvalue weighted by atomic mass is 35.5. The van der Waals surface area contributed by atoms with E-state index in [-0.39, 0.29) is 39.4 Å². The number of carboxylic acids is 1. The van der Waals surface area contributed by atoms with Crippen molar-refractivity contribution in [1.82, 2.24) is 4.57 Å². The molecule has 0 saturated carbocycles. The lowest BCUT2D eigenvalue weighted by Gasteiger charge is -2.22. The van der Waals surface area contributed by atoms with Crippen molar-refractivity contribution in [3.05, 3.63) is 117 Å². The van der Waals surface area contributed by atoms with E-state index in [1.807, 2.05) is 6.07 Å². The molecular weight excluding hydrogens is 520 g/mol. The number of ether oxygens (including phenoxy) is 1. The molecule has 0 aliphatic heterocycles. The fourth-order valence-corrected chi connectivity index (χ4v) is 4.33. The standard InChI is InChI=1S/C30H25ClN2O6/c1-18(34)23-13-10-21(31)15-24(23)25-16-28(35)33(17-27(25)39-2)26(14-19-6-4-3-5-7-19)29(36)32-22-11-8-20(9-12-22)30(37)38/h3-13,15-17,26H,14H2,1-2H3,(H,32,36)(H,37,38)/t26-/m1/s1/i1D3. The number of pyridine rings is 1. The zero-order chi connectivity index (χ0) is 30.6. The number of carboxylic acid groups (broad SMARTS) is 1. The molecule has 0 spiro atoms. The van der Waals surface area contributed by atoms with Crippen LogP contribution in [0.25, 0.3) is 11.1 Å². The highest BCUT2D eigenvalue weighted by Crippen LogP contribution is 2.34. The molecule has 3 aromatic carbocycles. The van der Waals surface area contributed by atoms with E-state index in [0.717, 1.165) is 11.6 Å². The van der Waals surface area contributed by atoms with Gasteiger partial charge in [0.05, 0.1) is 18.9 Å². The third-order valence-electron chi connectivity index (χ3n) is 6.09. The number of anilines is 1. The summed E-state index contributed by atoms with van der Waals surface area (Å²) in [5.41, 5.74) is 0.543. The topological polar surface area (TPSA) is 115 Å². The van der Waals surface area contributed by atoms with Crippen molar-refractivity contribution in [2.45, 2.75) is 19.3 Å². The van der Waals surface area contributed by atoms with Crippen molar-refractivity contribution in [3.8, 4) is 16.9 Å². The number of nitrogens with one attached hydrogen (secondary N) is 1. The maximum absolute atomic E-state index is 13.6. The molecule has 39 heavy (non-hydrogen) atoms. The molecule has 1 amide bonds. The van der Waals surface area contributed by atoms with Crippen molar-refractivity contribution in [3.63, 3.8) is 0 Å². The SMILES string of the molecule is [2H]C([2H])([2H])C(=O)c1ccc(Cl)cc1-c1cc(=O)n([C@H](Cc2ccccc2)C(=O)Nc2ccc(C(=O)O)cc2)cc1OC. The van der Waals surface area contributed by atoms with Crippen LogP contribution in [0.5, 0.6) is 5.75 Å². The normalized spacial score (nSPS) is 12.9. The summed E-state index contributed by atoms with van der Waals surface area (Å²) in [4.78, 5) is 51.1. The minimum Gasteiger partial charge on any atom is -0.495 e. The summed E-state index contributed by atoms with van der Waals surface area (Å²) in [6.07, 6.45) is 1.44. The van der Waals surface area contributed by atoms with Crippen molar-refractivity contribution < 1.29 is 28.3 Å². The molecule has 2 N–H and O–H groups in total. The van der Waals surface area contributed by atoms with Crippen LogP contribution in [0.1, 0.15) is 43.3 Å². The minimum atomic E-state index is -2.94. The van der Waals surface area contributed by atoms with Crippen molar-refractivity contribution in [2.75, 3.05) is 12.4 Å². The Morgan fingerprint density at radius 1 is 1.03 bits per heavy atom. The number of halogens is 1. The predicted molar refractivity (Wildman–Crippen MR) is 149 cm³/mol. The van der Waals surface area contributed by atoms with Crippen LogP contribution >= 0.6 is 11.6 Å². The summed E-state index contributed by atoms with van der Waals surface area (Å²) in [5.74, 6) is -2.71. The lowest BCUT2D eigenvalue weighted by molar-refractivity contribution is -0.119. The summed E-state index contributed by atoms with van der Waals surface area (Å²) in [6, 6.07) is 18.7. The third-order valence-corrected chi connectivity index (χ3v) is 6.33. The Bertz CT molecular complexity index is 1700. The van der Waals surface area contributed by atoms with Crippen LogP contribution in [0, 0.1) is 0 Å². The second kappa shape index (κ2) is 11.8. The first-order valence-corrected chi connectivity index (χ1v) is 12.1. The lowest BCUT2D eigenvalue weighted by atomic mass is 9.97. The molecule has 1 atom stereocenters. The maximum Gasteiger partial charge on any atom is 0.335 e. The zero-order valence-corrected chi connectivity index (χ0v) is 21.4. The van der Waals surface area contributed by atoms with Crippen LogP contribution in [-0.4, -0.2) is 34.4 Å². The van der Waals surface area contributed by atoms with Crippen LogP contribution in [0.2, 0.25) is 5.02 Å². The van der Waals surface area contributed by atoms with Gasteiger partial charge in [0.25, 0.3) is 5.56 Å². The fourth-order valence-electron chi connectivity index (χ4n) is 4.16. The monoisotopic (exact) mass is 547 g/mol. The Labute approximate surface area is 233 Å². The van der Waals surface area contributed by atoms with Gasteiger partial charge in [-0.2, -0.15) is 0 Å². The maximum atomic E-state index is 13.6. The first kappa shape index (κ1) is 23.4. The molecule has 0 radical (unpaired) electrons. The van der Waals surface area contributed by atoms with Gasteiger partial charge in [-0.05, 0) is 60.4 Å². The molecule has 0 fully saturated rings. The van der Waals surface area contributed by atoms with E-state index in [4.69, 9.17) is 25.6 Å². The summed E-state index contributed by atoms with van der Waals surface area (Å²) >= 11 is 6.18. The molecule has 4 rings (SSSR count). The number of ketones is 1. The van der Waals surface area contributed by atoms with E-state index >= 15 is 0 Å². The number of amides is 1. The zero-order valence-electron chi connectivity index (χ0n) is 23.7. The summed E-state index contributed by atoms with van der Waals surface area (Å²) < 4.78 is 29.5. The molecule has 1 heterocycles. The molecule has 1 aromatic heterocycles. The Balaban J connectivity index is 1.81. The molecule has 0 bridgehead atoms. The number of nitrogens with zero attached hydrogens (tertiary/aromatic N) is 1. The van der Waals surface area contributed by atoms with Crippen LogP contribution in [0.15, 0.2) is 89.9 Å². The highest BCUT2D eigenvalue weighted by molar-refractivity contribution is 6.31. The van der Waals surface area contributed by atoms with Gasteiger partial charge in [-0.1, -0.05) is 41.9 Å². The van der Waals surface area contributed by atoms with Crippen molar-refractivity contribution >= 4 is 34.9 Å². The van der Waals surface area contributed by atoms with E-state index in [1.165, 1.54) is 60.3 Å². The number of carbonyl (C=O) groups excluding carboxylic acids is 2. The highest BCUT2D eigenvalue weighted by Gasteiger charge is 2.25. The quantitative estimate of drug-likeness (QED) is 0.267. The summed E-state index contributed by atoms with van der Waals surface area (Å²) in [7, 11) is 1.33. The van der Waals surface area contributed by atoms with Gasteiger partial charge < -0.3 is 15.2 Å². The number of hydrogen-bond donors (Lipinski definition) is 2. The Morgan fingerprint density at radius 2 is 1.74 bits per heavy atom. The van der Waals surface area contributed by atoms with Gasteiger partial charge in [0, 0.05) is 38.4 Å². The van der Waals surface area contributed by atoms with Crippen molar-refractivity contribution in [1.29, 1.82) is 0 Å². The second-order valence-corrected chi connectivity index (χ2v) is 9.03. The lowest BCUT2D eigenvalue weighted by Crippen LogP contribution is -2.34. The van der Waals surface area contributed by atoms with Gasteiger partial charge in [0.1, 0.15) is 11.8 Å². The number of benzene rings is 3. The molecule has 0 unspecified atom stereocenters. The number of Topliss-reactive ketones (excluding diaryl/α,β-unsaturated/α-hetero) is 1. The number of rotatable bonds is 9. The van der Waals surface area contributed by atoms with Gasteiger partial charge >= 0.3 is 5.97 Å². The Hall–Kier alpha value is -4.69. The fraction of sp³-hybridized carbons (Fsp3) is 0.133. The number of methoxy groups -OCH3 is 1. The Kier molecular flexibility index (Phi) is 7.08. The van der Waals surface area contributed by atoms with Crippen LogP contribution in [-0.2, 0) is 11.2 Å². The average molecular weight is 548 g/mol. The van der Waals surface area contributed by atoms with E-state index in [0.29, 0.717) is 5.69 Å². The third kappa shape index (κ3) is 6.25. The van der Waals surface area contributed by atoms with E-state index in [2.05, 4.69) is 5.32 Å². The number of aromatic carboxylic acids is 1. The first-order valence-electron chi connectivity index (χ1n) is 13.2. The van der Waals surface area contributed by atoms with E-state index in [1.54, 1.807) is 24.3 Å². The predicted octanol–water partition coefficient (Wildman–Crippen LogP) is 5.50. The van der Waals surface area contributed by atoms with Gasteiger partial charge in [-0.15, -0.1) is 0 Å². The minimum absolute atomic E-state index is 0.0442. The number of carbonyl (C=O) groups is 3. The second-order valence-electron chi connectivity index (χ2n) is 8.60. The van der Waals surface area contributed by atoms with Gasteiger partial charge in [-0.25, -0.2) is 4.79 Å². The van der Waals surface area contributed by atoms with Crippen LogP contribution < -0.4 is 15.6 Å².